The van der Waals surface area contributed by atoms with E-state index in [0.29, 0.717) is 5.02 Å². The van der Waals surface area contributed by atoms with Crippen LogP contribution in [0.1, 0.15) is 25.3 Å². The van der Waals surface area contributed by atoms with Crippen molar-refractivity contribution in [2.75, 3.05) is 0 Å². The topological polar surface area (TPSA) is 37.3 Å². The molecule has 3 heteroatoms. The molecule has 1 fully saturated rings. The van der Waals surface area contributed by atoms with Crippen LogP contribution in [0.3, 0.4) is 0 Å². The number of carboxylic acid groups (broad SMARTS) is 1. The molecule has 0 saturated heterocycles. The summed E-state index contributed by atoms with van der Waals surface area (Å²) in [5, 5.41) is 9.73. The molecule has 2 atom stereocenters. The number of carboxylic acids is 1. The van der Waals surface area contributed by atoms with Gasteiger partial charge >= 0.3 is 5.97 Å². The minimum Gasteiger partial charge on any atom is -0.481 e. The Morgan fingerprint density at radius 2 is 1.87 bits per heavy atom. The molecular formula is C12H13ClO2. The summed E-state index contributed by atoms with van der Waals surface area (Å²) in [6.45, 7) is 3.98. The number of hydrogen-bond acceptors (Lipinski definition) is 1. The first kappa shape index (κ1) is 10.5. The highest BCUT2D eigenvalue weighted by Gasteiger charge is 2.62. The molecule has 0 bridgehead atoms. The SMILES string of the molecule is CC1(C)[C@H](C(=O)O)[C@H]1c1ccc(Cl)cc1. The lowest BCUT2D eigenvalue weighted by atomic mass is 10.0. The standard InChI is InChI=1S/C12H13ClO2/c1-12(2)9(10(12)11(14)15)7-3-5-8(13)6-4-7/h3-6,9-10H,1-2H3,(H,14,15)/t9-,10+/m1/s1. The summed E-state index contributed by atoms with van der Waals surface area (Å²) in [5.74, 6) is -0.856. The quantitative estimate of drug-likeness (QED) is 0.838. The molecule has 1 aromatic carbocycles. The van der Waals surface area contributed by atoms with Gasteiger partial charge in [-0.05, 0) is 23.1 Å². The summed E-state index contributed by atoms with van der Waals surface area (Å²) < 4.78 is 0. The monoisotopic (exact) mass is 224 g/mol. The maximum Gasteiger partial charge on any atom is 0.307 e. The number of rotatable bonds is 2. The third-order valence-electron chi connectivity index (χ3n) is 3.32. The summed E-state index contributed by atoms with van der Waals surface area (Å²) in [6, 6.07) is 7.45. The Morgan fingerprint density at radius 3 is 2.27 bits per heavy atom. The van der Waals surface area contributed by atoms with Crippen LogP contribution in [-0.2, 0) is 4.79 Å². The first-order chi connectivity index (χ1) is 6.94. The number of benzene rings is 1. The van der Waals surface area contributed by atoms with Crippen LogP contribution >= 0.6 is 11.6 Å². The lowest BCUT2D eigenvalue weighted by Gasteiger charge is -2.02. The van der Waals surface area contributed by atoms with Gasteiger partial charge in [0.2, 0.25) is 0 Å². The molecule has 1 N–H and O–H groups in total. The van der Waals surface area contributed by atoms with Gasteiger partial charge in [0.25, 0.3) is 0 Å². The van der Waals surface area contributed by atoms with Crippen molar-refractivity contribution in [2.24, 2.45) is 11.3 Å². The van der Waals surface area contributed by atoms with Crippen molar-refractivity contribution in [3.8, 4) is 0 Å². The van der Waals surface area contributed by atoms with E-state index < -0.39 is 5.97 Å². The Hall–Kier alpha value is -1.02. The second-order valence-electron chi connectivity index (χ2n) is 4.67. The van der Waals surface area contributed by atoms with E-state index in [1.165, 1.54) is 0 Å². The van der Waals surface area contributed by atoms with Crippen molar-refractivity contribution < 1.29 is 9.90 Å². The zero-order chi connectivity index (χ0) is 11.2. The molecule has 2 nitrogen and oxygen atoms in total. The minimum absolute atomic E-state index is 0.118. The lowest BCUT2D eigenvalue weighted by Crippen LogP contribution is -2.03. The summed E-state index contributed by atoms with van der Waals surface area (Å²) in [4.78, 5) is 11.0. The molecule has 1 aromatic rings. The average molecular weight is 225 g/mol. The molecule has 15 heavy (non-hydrogen) atoms. The van der Waals surface area contributed by atoms with Gasteiger partial charge in [-0.1, -0.05) is 37.6 Å². The van der Waals surface area contributed by atoms with Gasteiger partial charge in [-0.15, -0.1) is 0 Å². The van der Waals surface area contributed by atoms with Crippen molar-refractivity contribution >= 4 is 17.6 Å². The van der Waals surface area contributed by atoms with Crippen LogP contribution in [0.15, 0.2) is 24.3 Å². The summed E-state index contributed by atoms with van der Waals surface area (Å²) in [6.07, 6.45) is 0. The van der Waals surface area contributed by atoms with Crippen LogP contribution in [0.2, 0.25) is 5.02 Å². The Balaban J connectivity index is 2.27. The van der Waals surface area contributed by atoms with E-state index in [9.17, 15) is 4.79 Å². The second kappa shape index (κ2) is 3.24. The summed E-state index contributed by atoms with van der Waals surface area (Å²) >= 11 is 5.79. The second-order valence-corrected chi connectivity index (χ2v) is 5.10. The smallest absolute Gasteiger partial charge is 0.307 e. The largest absolute Gasteiger partial charge is 0.481 e. The van der Waals surface area contributed by atoms with Crippen LogP contribution in [0, 0.1) is 11.3 Å². The number of hydrogen-bond donors (Lipinski definition) is 1. The number of halogens is 1. The predicted molar refractivity (Wildman–Crippen MR) is 59.1 cm³/mol. The first-order valence-electron chi connectivity index (χ1n) is 4.93. The van der Waals surface area contributed by atoms with Crippen LogP contribution in [0.4, 0.5) is 0 Å². The van der Waals surface area contributed by atoms with E-state index in [1.54, 1.807) is 0 Å². The maximum absolute atomic E-state index is 11.0. The molecule has 0 radical (unpaired) electrons. The number of aliphatic carboxylic acids is 1. The van der Waals surface area contributed by atoms with Crippen molar-refractivity contribution in [2.45, 2.75) is 19.8 Å². The van der Waals surface area contributed by atoms with E-state index in [2.05, 4.69) is 0 Å². The van der Waals surface area contributed by atoms with Gasteiger partial charge in [0.05, 0.1) is 5.92 Å². The highest BCUT2D eigenvalue weighted by Crippen LogP contribution is 2.64. The Kier molecular flexibility index (Phi) is 2.27. The van der Waals surface area contributed by atoms with Gasteiger partial charge < -0.3 is 5.11 Å². The van der Waals surface area contributed by atoms with Gasteiger partial charge in [-0.25, -0.2) is 0 Å². The van der Waals surface area contributed by atoms with E-state index >= 15 is 0 Å². The molecule has 0 amide bonds. The molecule has 1 aliphatic carbocycles. The zero-order valence-electron chi connectivity index (χ0n) is 8.70. The molecular weight excluding hydrogens is 212 g/mol. The Morgan fingerprint density at radius 1 is 1.33 bits per heavy atom. The molecule has 0 aromatic heterocycles. The van der Waals surface area contributed by atoms with Crippen molar-refractivity contribution in [3.63, 3.8) is 0 Å². The fraction of sp³-hybridized carbons (Fsp3) is 0.417. The van der Waals surface area contributed by atoms with Crippen molar-refractivity contribution in [1.82, 2.24) is 0 Å². The van der Waals surface area contributed by atoms with Gasteiger partial charge in [-0.3, -0.25) is 4.79 Å². The fourth-order valence-electron chi connectivity index (χ4n) is 2.39. The maximum atomic E-state index is 11.0. The summed E-state index contributed by atoms with van der Waals surface area (Å²) in [5.41, 5.74) is 0.927. The lowest BCUT2D eigenvalue weighted by molar-refractivity contribution is -0.139. The average Bonchev–Trinajstić information content (AvgIpc) is 2.70. The van der Waals surface area contributed by atoms with Crippen molar-refractivity contribution in [3.05, 3.63) is 34.9 Å². The molecule has 0 aliphatic heterocycles. The highest BCUT2D eigenvalue weighted by atomic mass is 35.5. The van der Waals surface area contributed by atoms with E-state index in [-0.39, 0.29) is 17.3 Å². The number of carbonyl (C=O) groups is 1. The van der Waals surface area contributed by atoms with Gasteiger partial charge in [0.15, 0.2) is 0 Å². The third-order valence-corrected chi connectivity index (χ3v) is 3.57. The van der Waals surface area contributed by atoms with Crippen molar-refractivity contribution in [1.29, 1.82) is 0 Å². The first-order valence-corrected chi connectivity index (χ1v) is 5.30. The summed E-state index contributed by atoms with van der Waals surface area (Å²) in [7, 11) is 0. The molecule has 2 rings (SSSR count). The van der Waals surface area contributed by atoms with Crippen LogP contribution in [-0.4, -0.2) is 11.1 Å². The molecule has 0 unspecified atom stereocenters. The third kappa shape index (κ3) is 1.63. The fourth-order valence-corrected chi connectivity index (χ4v) is 2.52. The Bertz CT molecular complexity index is 395. The van der Waals surface area contributed by atoms with Crippen LogP contribution in [0.5, 0.6) is 0 Å². The minimum atomic E-state index is -0.708. The van der Waals surface area contributed by atoms with Gasteiger partial charge in [0.1, 0.15) is 0 Å². The van der Waals surface area contributed by atoms with E-state index in [4.69, 9.17) is 16.7 Å². The molecule has 1 saturated carbocycles. The highest BCUT2D eigenvalue weighted by molar-refractivity contribution is 6.30. The predicted octanol–water partition coefficient (Wildman–Crippen LogP) is 3.16. The molecule has 0 spiro atoms. The van der Waals surface area contributed by atoms with Crippen LogP contribution < -0.4 is 0 Å². The molecule has 1 aliphatic rings. The molecule has 80 valence electrons. The van der Waals surface area contributed by atoms with Gasteiger partial charge in [-0.2, -0.15) is 0 Å². The zero-order valence-corrected chi connectivity index (χ0v) is 9.45. The molecule has 0 heterocycles. The van der Waals surface area contributed by atoms with E-state index in [0.717, 1.165) is 5.56 Å². The van der Waals surface area contributed by atoms with Gasteiger partial charge in [0, 0.05) is 10.9 Å². The Labute approximate surface area is 93.9 Å². The van der Waals surface area contributed by atoms with E-state index in [1.807, 2.05) is 38.1 Å². The normalized spacial score (nSPS) is 27.4. The van der Waals surface area contributed by atoms with Crippen LogP contribution in [0.25, 0.3) is 0 Å².